The topological polar surface area (TPSA) is 24.3 Å². The highest BCUT2D eigenvalue weighted by atomic mass is 15.2. The van der Waals surface area contributed by atoms with E-state index in [1.807, 2.05) is 0 Å². The fourth-order valence-corrected chi connectivity index (χ4v) is 4.08. The van der Waals surface area contributed by atoms with Crippen molar-refractivity contribution in [1.29, 1.82) is 0 Å². The van der Waals surface area contributed by atoms with Crippen LogP contribution < -0.4 is 0 Å². The van der Waals surface area contributed by atoms with Gasteiger partial charge < -0.3 is 14.4 Å². The molecule has 22 heavy (non-hydrogen) atoms. The molecule has 4 nitrogen and oxygen atoms in total. The molecule has 0 radical (unpaired) electrons. The smallest absolute Gasteiger partial charge is 0.0673 e. The average molecular weight is 298 g/mol. The maximum Gasteiger partial charge on any atom is 0.0673 e. The normalized spacial score (nSPS) is 19.9. The Morgan fingerprint density at radius 1 is 1.14 bits per heavy atom. The largest absolute Gasteiger partial charge is 0.342 e. The highest BCUT2D eigenvalue weighted by Crippen LogP contribution is 2.30. The summed E-state index contributed by atoms with van der Waals surface area (Å²) in [5.74, 6) is 0. The summed E-state index contributed by atoms with van der Waals surface area (Å²) in [4.78, 5) is 9.60. The van der Waals surface area contributed by atoms with Gasteiger partial charge in [0, 0.05) is 49.4 Å². The Balaban J connectivity index is 1.72. The van der Waals surface area contributed by atoms with Crippen LogP contribution in [0.5, 0.6) is 0 Å². The molecule has 4 rings (SSSR count). The summed E-state index contributed by atoms with van der Waals surface area (Å²) in [6, 6.07) is 2.28. The number of fused-ring (bicyclic) bond motifs is 3. The van der Waals surface area contributed by atoms with Crippen LogP contribution in [0.1, 0.15) is 29.8 Å². The van der Waals surface area contributed by atoms with Crippen molar-refractivity contribution < 1.29 is 0 Å². The van der Waals surface area contributed by atoms with Crippen LogP contribution in [0.25, 0.3) is 10.9 Å². The van der Waals surface area contributed by atoms with Gasteiger partial charge in [-0.2, -0.15) is 0 Å². The van der Waals surface area contributed by atoms with Crippen molar-refractivity contribution in [2.75, 3.05) is 33.2 Å². The van der Waals surface area contributed by atoms with E-state index in [-0.39, 0.29) is 0 Å². The Kier molecular flexibility index (Phi) is 3.66. The average Bonchev–Trinajstić information content (AvgIpc) is 3.11. The van der Waals surface area contributed by atoms with Crippen LogP contribution >= 0.6 is 0 Å². The second kappa shape index (κ2) is 5.67. The molecule has 0 bridgehead atoms. The fraction of sp³-hybridized carbons (Fsp3) is 0.611. The lowest BCUT2D eigenvalue weighted by atomic mass is 10.1. The number of hydrogen-bond donors (Lipinski definition) is 0. The number of rotatable bonds is 3. The molecule has 0 saturated carbocycles. The second-order valence-corrected chi connectivity index (χ2v) is 6.96. The van der Waals surface area contributed by atoms with Gasteiger partial charge in [0.15, 0.2) is 0 Å². The van der Waals surface area contributed by atoms with Crippen molar-refractivity contribution in [3.05, 3.63) is 29.2 Å². The van der Waals surface area contributed by atoms with E-state index >= 15 is 0 Å². The molecule has 2 aromatic rings. The molecule has 118 valence electrons. The Labute approximate surface area is 132 Å². The van der Waals surface area contributed by atoms with Gasteiger partial charge in [-0.15, -0.1) is 0 Å². The quantitative estimate of drug-likeness (QED) is 0.870. The predicted octanol–water partition coefficient (Wildman–Crippen LogP) is 2.43. The monoisotopic (exact) mass is 298 g/mol. The van der Waals surface area contributed by atoms with E-state index < -0.39 is 0 Å². The Hall–Kier alpha value is -1.39. The second-order valence-electron chi connectivity index (χ2n) is 6.96. The molecule has 2 aromatic heterocycles. The molecule has 1 saturated heterocycles. The van der Waals surface area contributed by atoms with Crippen LogP contribution in [0.4, 0.5) is 0 Å². The lowest BCUT2D eigenvalue weighted by Crippen LogP contribution is -2.29. The molecule has 2 aliphatic heterocycles. The zero-order chi connectivity index (χ0) is 15.1. The van der Waals surface area contributed by atoms with Gasteiger partial charge in [-0.3, -0.25) is 4.98 Å². The van der Waals surface area contributed by atoms with Gasteiger partial charge in [-0.05, 0) is 51.5 Å². The van der Waals surface area contributed by atoms with Crippen LogP contribution in [-0.4, -0.2) is 52.6 Å². The SMILES string of the molecule is Cc1cc2c3c(n(CCN4CCCC4)c2cn1)CCN(C)C3. The van der Waals surface area contributed by atoms with Crippen LogP contribution in [0.15, 0.2) is 12.3 Å². The van der Waals surface area contributed by atoms with E-state index in [9.17, 15) is 0 Å². The molecule has 0 atom stereocenters. The van der Waals surface area contributed by atoms with E-state index in [1.165, 1.54) is 61.9 Å². The van der Waals surface area contributed by atoms with Gasteiger partial charge in [0.2, 0.25) is 0 Å². The Bertz CT molecular complexity index is 682. The first-order valence-electron chi connectivity index (χ1n) is 8.60. The van der Waals surface area contributed by atoms with Gasteiger partial charge in [-0.1, -0.05) is 0 Å². The summed E-state index contributed by atoms with van der Waals surface area (Å²) in [6.07, 6.45) is 6.00. The molecule has 0 aliphatic carbocycles. The zero-order valence-electron chi connectivity index (χ0n) is 13.8. The third kappa shape index (κ3) is 2.44. The van der Waals surface area contributed by atoms with Crippen molar-refractivity contribution in [1.82, 2.24) is 19.4 Å². The Morgan fingerprint density at radius 3 is 2.77 bits per heavy atom. The van der Waals surface area contributed by atoms with Crippen molar-refractivity contribution in [2.24, 2.45) is 0 Å². The number of aromatic nitrogens is 2. The lowest BCUT2D eigenvalue weighted by molar-refractivity contribution is 0.300. The minimum Gasteiger partial charge on any atom is -0.342 e. The number of likely N-dealkylation sites (N-methyl/N-ethyl adjacent to an activating group) is 1. The summed E-state index contributed by atoms with van der Waals surface area (Å²) < 4.78 is 2.56. The van der Waals surface area contributed by atoms with Gasteiger partial charge >= 0.3 is 0 Å². The number of likely N-dealkylation sites (tertiary alicyclic amines) is 1. The molecule has 2 aliphatic rings. The molecule has 4 heteroatoms. The van der Waals surface area contributed by atoms with Gasteiger partial charge in [0.25, 0.3) is 0 Å². The fourth-order valence-electron chi connectivity index (χ4n) is 4.08. The predicted molar refractivity (Wildman–Crippen MR) is 90.2 cm³/mol. The maximum absolute atomic E-state index is 4.56. The highest BCUT2D eigenvalue weighted by molar-refractivity contribution is 5.85. The third-order valence-electron chi connectivity index (χ3n) is 5.31. The number of aryl methyl sites for hydroxylation is 1. The number of pyridine rings is 1. The van der Waals surface area contributed by atoms with Crippen molar-refractivity contribution in [2.45, 2.75) is 39.3 Å². The Morgan fingerprint density at radius 2 is 1.95 bits per heavy atom. The maximum atomic E-state index is 4.56. The number of nitrogens with zero attached hydrogens (tertiary/aromatic N) is 4. The van der Waals surface area contributed by atoms with Gasteiger partial charge in [-0.25, -0.2) is 0 Å². The van der Waals surface area contributed by atoms with Crippen molar-refractivity contribution in [3.63, 3.8) is 0 Å². The first-order chi connectivity index (χ1) is 10.7. The first-order valence-corrected chi connectivity index (χ1v) is 8.60. The molecule has 4 heterocycles. The highest BCUT2D eigenvalue weighted by Gasteiger charge is 2.23. The van der Waals surface area contributed by atoms with Crippen LogP contribution in [0, 0.1) is 6.92 Å². The molecule has 0 amide bonds. The lowest BCUT2D eigenvalue weighted by Gasteiger charge is -2.25. The molecular weight excluding hydrogens is 272 g/mol. The molecule has 0 N–H and O–H groups in total. The summed E-state index contributed by atoms with van der Waals surface area (Å²) in [5, 5.41) is 1.43. The number of hydrogen-bond acceptors (Lipinski definition) is 3. The molecule has 0 unspecified atom stereocenters. The van der Waals surface area contributed by atoms with Crippen molar-refractivity contribution in [3.8, 4) is 0 Å². The minimum absolute atomic E-state index is 1.08. The molecule has 0 spiro atoms. The van der Waals surface area contributed by atoms with E-state index in [1.54, 1.807) is 5.69 Å². The summed E-state index contributed by atoms with van der Waals surface area (Å²) >= 11 is 0. The molecule has 1 fully saturated rings. The van der Waals surface area contributed by atoms with E-state index in [2.05, 4.69) is 45.6 Å². The van der Waals surface area contributed by atoms with Crippen molar-refractivity contribution >= 4 is 10.9 Å². The summed E-state index contributed by atoms with van der Waals surface area (Å²) in [6.45, 7) is 9.19. The van der Waals surface area contributed by atoms with E-state index in [0.29, 0.717) is 0 Å². The molecule has 0 aromatic carbocycles. The van der Waals surface area contributed by atoms with Gasteiger partial charge in [0.05, 0.1) is 11.7 Å². The third-order valence-corrected chi connectivity index (χ3v) is 5.31. The van der Waals surface area contributed by atoms with E-state index in [4.69, 9.17) is 0 Å². The summed E-state index contributed by atoms with van der Waals surface area (Å²) in [5.41, 5.74) is 5.56. The standard InChI is InChI=1S/C18H26N4/c1-14-11-15-16-13-20(2)8-5-17(16)22(18(15)12-19-14)10-9-21-6-3-4-7-21/h11-12H,3-10,13H2,1-2H3. The van der Waals surface area contributed by atoms with E-state index in [0.717, 1.165) is 18.8 Å². The minimum atomic E-state index is 1.08. The summed E-state index contributed by atoms with van der Waals surface area (Å²) in [7, 11) is 2.23. The van der Waals surface area contributed by atoms with Crippen LogP contribution in [0.2, 0.25) is 0 Å². The molecular formula is C18H26N4. The van der Waals surface area contributed by atoms with Crippen LogP contribution in [-0.2, 0) is 19.5 Å². The van der Waals surface area contributed by atoms with Gasteiger partial charge in [0.1, 0.15) is 0 Å². The first kappa shape index (κ1) is 14.2. The zero-order valence-corrected chi connectivity index (χ0v) is 13.8. The van der Waals surface area contributed by atoms with Crippen LogP contribution in [0.3, 0.4) is 0 Å².